The molecule has 2 atom stereocenters. The Morgan fingerprint density at radius 2 is 1.87 bits per heavy atom. The van der Waals surface area contributed by atoms with Gasteiger partial charge in [-0.2, -0.15) is 0 Å². The minimum Gasteiger partial charge on any atom is -0.489 e. The van der Waals surface area contributed by atoms with E-state index in [1.165, 1.54) is 13.8 Å². The summed E-state index contributed by atoms with van der Waals surface area (Å²) in [6.07, 6.45) is 1.90. The van der Waals surface area contributed by atoms with Crippen molar-refractivity contribution in [2.45, 2.75) is 58.7 Å². The van der Waals surface area contributed by atoms with Crippen molar-refractivity contribution in [3.63, 3.8) is 0 Å². The topological polar surface area (TPSA) is 122 Å². The molecule has 1 unspecified atom stereocenters. The third-order valence-corrected chi connectivity index (χ3v) is 8.33. The van der Waals surface area contributed by atoms with Gasteiger partial charge in [-0.15, -0.1) is 23.1 Å². The highest BCUT2D eigenvalue weighted by molar-refractivity contribution is 8.15. The van der Waals surface area contributed by atoms with Gasteiger partial charge in [0.1, 0.15) is 28.4 Å². The van der Waals surface area contributed by atoms with Gasteiger partial charge in [-0.3, -0.25) is 19.4 Å². The number of fused-ring (bicyclic) bond motifs is 1. The number of carbonyl (C=O) groups excluding carboxylic acids is 3. The zero-order valence-electron chi connectivity index (χ0n) is 22.3. The van der Waals surface area contributed by atoms with Crippen molar-refractivity contribution in [2.24, 2.45) is 4.99 Å². The van der Waals surface area contributed by atoms with Crippen LogP contribution in [0.5, 0.6) is 5.75 Å². The van der Waals surface area contributed by atoms with Crippen LogP contribution >= 0.6 is 23.1 Å². The molecule has 0 fully saturated rings. The molecule has 11 heteroatoms. The van der Waals surface area contributed by atoms with Crippen LogP contribution in [-0.4, -0.2) is 52.1 Å². The number of thioether (sulfide) groups is 1. The van der Waals surface area contributed by atoms with Gasteiger partial charge in [0.15, 0.2) is 0 Å². The lowest BCUT2D eigenvalue weighted by molar-refractivity contribution is -0.125. The fourth-order valence-electron chi connectivity index (χ4n) is 4.01. The fourth-order valence-corrected chi connectivity index (χ4v) is 6.09. The SMILES string of the molecule is CC(=O)NCCCCC(NC(C)=O)C(=O)Nc1ccc(COc2ccc3nc(C4=N[C@@H](C)CS4)sc3c2)cc1. The van der Waals surface area contributed by atoms with Gasteiger partial charge in [-0.05, 0) is 62.1 Å². The third-order valence-electron chi connectivity index (χ3n) is 5.96. The standard InChI is InChI=1S/C28H33N5O4S2/c1-17-16-38-27(30-17)28-33-23-12-11-22(14-25(23)39-28)37-15-20-7-9-21(10-8-20)32-26(36)24(31-19(3)35)6-4-5-13-29-18(2)34/h7-12,14,17,24H,4-6,13,15-16H2,1-3H3,(H,29,34)(H,31,35)(H,32,36)/t17-,24?/m0/s1. The molecule has 0 saturated carbocycles. The summed E-state index contributed by atoms with van der Waals surface area (Å²) in [5, 5.41) is 10.3. The Kier molecular flexibility index (Phi) is 9.94. The molecule has 206 valence electrons. The molecule has 0 bridgehead atoms. The van der Waals surface area contributed by atoms with Gasteiger partial charge in [-0.1, -0.05) is 12.1 Å². The van der Waals surface area contributed by atoms with Gasteiger partial charge in [0, 0.05) is 31.8 Å². The number of aromatic nitrogens is 1. The molecule has 1 aromatic heterocycles. The van der Waals surface area contributed by atoms with Gasteiger partial charge >= 0.3 is 0 Å². The first kappa shape index (κ1) is 28.6. The number of unbranched alkanes of at least 4 members (excludes halogenated alkanes) is 1. The highest BCUT2D eigenvalue weighted by atomic mass is 32.2. The first-order chi connectivity index (χ1) is 18.8. The predicted octanol–water partition coefficient (Wildman–Crippen LogP) is 4.51. The normalized spacial score (nSPS) is 15.5. The maximum atomic E-state index is 12.8. The number of amides is 3. The number of rotatable bonds is 12. The van der Waals surface area contributed by atoms with E-state index in [0.717, 1.165) is 43.8 Å². The Balaban J connectivity index is 1.29. The monoisotopic (exact) mass is 567 g/mol. The van der Waals surface area contributed by atoms with Crippen LogP contribution < -0.4 is 20.7 Å². The molecule has 1 aliphatic heterocycles. The van der Waals surface area contributed by atoms with Crippen LogP contribution in [0, 0.1) is 0 Å². The zero-order valence-corrected chi connectivity index (χ0v) is 23.9. The molecule has 39 heavy (non-hydrogen) atoms. The number of carbonyl (C=O) groups is 3. The molecule has 1 aliphatic rings. The number of hydrogen-bond acceptors (Lipinski definition) is 8. The molecule has 3 aromatic rings. The van der Waals surface area contributed by atoms with Crippen molar-refractivity contribution in [2.75, 3.05) is 17.6 Å². The van der Waals surface area contributed by atoms with Crippen LogP contribution in [0.1, 0.15) is 50.6 Å². The summed E-state index contributed by atoms with van der Waals surface area (Å²) < 4.78 is 7.08. The van der Waals surface area contributed by atoms with E-state index in [9.17, 15) is 14.4 Å². The quantitative estimate of drug-likeness (QED) is 0.277. The van der Waals surface area contributed by atoms with E-state index < -0.39 is 6.04 Å². The van der Waals surface area contributed by atoms with Gasteiger partial charge in [-0.25, -0.2) is 4.98 Å². The largest absolute Gasteiger partial charge is 0.489 e. The van der Waals surface area contributed by atoms with E-state index >= 15 is 0 Å². The third kappa shape index (κ3) is 8.52. The van der Waals surface area contributed by atoms with E-state index in [1.54, 1.807) is 23.1 Å². The molecule has 0 aliphatic carbocycles. The first-order valence-electron chi connectivity index (χ1n) is 12.9. The molecule has 2 heterocycles. The molecular formula is C28H33N5O4S2. The first-order valence-corrected chi connectivity index (χ1v) is 14.7. The van der Waals surface area contributed by atoms with Crippen LogP contribution in [0.25, 0.3) is 10.2 Å². The summed E-state index contributed by atoms with van der Waals surface area (Å²) in [6, 6.07) is 13.0. The van der Waals surface area contributed by atoms with E-state index in [-0.39, 0.29) is 17.7 Å². The fraction of sp³-hybridized carbons (Fsp3) is 0.393. The second kappa shape index (κ2) is 13.6. The number of aliphatic imine (C=N–C) groups is 1. The molecule has 0 saturated heterocycles. The molecule has 0 spiro atoms. The van der Waals surface area contributed by atoms with Crippen molar-refractivity contribution >= 4 is 61.8 Å². The number of anilines is 1. The lowest BCUT2D eigenvalue weighted by Crippen LogP contribution is -2.42. The van der Waals surface area contributed by atoms with E-state index in [4.69, 9.17) is 9.72 Å². The maximum Gasteiger partial charge on any atom is 0.246 e. The Bertz CT molecular complexity index is 1360. The zero-order chi connectivity index (χ0) is 27.8. The lowest BCUT2D eigenvalue weighted by atomic mass is 10.1. The summed E-state index contributed by atoms with van der Waals surface area (Å²) in [4.78, 5) is 44.8. The molecule has 9 nitrogen and oxygen atoms in total. The van der Waals surface area contributed by atoms with Crippen molar-refractivity contribution < 1.29 is 19.1 Å². The number of benzene rings is 2. The van der Waals surface area contributed by atoms with E-state index in [2.05, 4.69) is 27.9 Å². The summed E-state index contributed by atoms with van der Waals surface area (Å²) >= 11 is 3.38. The second-order valence-corrected chi connectivity index (χ2v) is 11.5. The van der Waals surface area contributed by atoms with Crippen LogP contribution in [0.2, 0.25) is 0 Å². The number of thiazole rings is 1. The highest BCUT2D eigenvalue weighted by Gasteiger charge is 2.20. The molecular weight excluding hydrogens is 534 g/mol. The van der Waals surface area contributed by atoms with Gasteiger partial charge < -0.3 is 20.7 Å². The number of ether oxygens (including phenoxy) is 1. The minimum atomic E-state index is -0.646. The van der Waals surface area contributed by atoms with Gasteiger partial charge in [0.25, 0.3) is 0 Å². The summed E-state index contributed by atoms with van der Waals surface area (Å²) in [6.45, 7) is 5.90. The van der Waals surface area contributed by atoms with Crippen LogP contribution in [0.3, 0.4) is 0 Å². The lowest BCUT2D eigenvalue weighted by Gasteiger charge is -2.18. The smallest absolute Gasteiger partial charge is 0.246 e. The summed E-state index contributed by atoms with van der Waals surface area (Å²) in [5.74, 6) is 1.14. The maximum absolute atomic E-state index is 12.8. The highest BCUT2D eigenvalue weighted by Crippen LogP contribution is 2.31. The molecule has 2 aromatic carbocycles. The number of nitrogens with zero attached hydrogens (tertiary/aromatic N) is 2. The Hall–Kier alpha value is -3.44. The van der Waals surface area contributed by atoms with Crippen molar-refractivity contribution in [3.05, 3.63) is 53.0 Å². The summed E-state index contributed by atoms with van der Waals surface area (Å²) in [7, 11) is 0. The Morgan fingerprint density at radius 1 is 1.08 bits per heavy atom. The van der Waals surface area contributed by atoms with Crippen LogP contribution in [0.15, 0.2) is 47.5 Å². The Labute approximate surface area is 236 Å². The molecule has 0 radical (unpaired) electrons. The predicted molar refractivity (Wildman–Crippen MR) is 158 cm³/mol. The average molecular weight is 568 g/mol. The summed E-state index contributed by atoms with van der Waals surface area (Å²) in [5.41, 5.74) is 2.54. The second-order valence-electron chi connectivity index (χ2n) is 9.45. The number of nitrogens with one attached hydrogen (secondary N) is 3. The van der Waals surface area contributed by atoms with Crippen molar-refractivity contribution in [1.29, 1.82) is 0 Å². The number of hydrogen-bond donors (Lipinski definition) is 3. The van der Waals surface area contributed by atoms with Crippen molar-refractivity contribution in [3.8, 4) is 5.75 Å². The van der Waals surface area contributed by atoms with Gasteiger partial charge in [0.05, 0.1) is 16.3 Å². The Morgan fingerprint density at radius 3 is 2.56 bits per heavy atom. The molecule has 3 N–H and O–H groups in total. The van der Waals surface area contributed by atoms with E-state index in [1.807, 2.05) is 42.5 Å². The molecule has 3 amide bonds. The molecule has 4 rings (SSSR count). The minimum absolute atomic E-state index is 0.0844. The average Bonchev–Trinajstić information content (AvgIpc) is 3.52. The van der Waals surface area contributed by atoms with Crippen molar-refractivity contribution in [1.82, 2.24) is 15.6 Å². The van der Waals surface area contributed by atoms with Crippen LogP contribution in [0.4, 0.5) is 5.69 Å². The van der Waals surface area contributed by atoms with Gasteiger partial charge in [0.2, 0.25) is 17.7 Å². The van der Waals surface area contributed by atoms with Crippen LogP contribution in [-0.2, 0) is 21.0 Å². The van der Waals surface area contributed by atoms with E-state index in [0.29, 0.717) is 37.7 Å².